The van der Waals surface area contributed by atoms with Crippen molar-refractivity contribution in [2.75, 3.05) is 43.5 Å². The highest BCUT2D eigenvalue weighted by Crippen LogP contribution is 2.26. The molecule has 2 heterocycles. The van der Waals surface area contributed by atoms with E-state index in [1.807, 2.05) is 25.1 Å². The Morgan fingerprint density at radius 3 is 2.38 bits per heavy atom. The lowest BCUT2D eigenvalue weighted by Gasteiger charge is -2.34. The Morgan fingerprint density at radius 1 is 1.03 bits per heavy atom. The molecule has 0 radical (unpaired) electrons. The summed E-state index contributed by atoms with van der Waals surface area (Å²) in [5.74, 6) is 0.759. The van der Waals surface area contributed by atoms with Crippen LogP contribution in [0.15, 0.2) is 59.5 Å². The van der Waals surface area contributed by atoms with Gasteiger partial charge >= 0.3 is 5.97 Å². The fourth-order valence-electron chi connectivity index (χ4n) is 3.34. The Labute approximate surface area is 190 Å². The lowest BCUT2D eigenvalue weighted by Crippen LogP contribution is -2.44. The summed E-state index contributed by atoms with van der Waals surface area (Å²) in [6.07, 6.45) is 0. The normalized spacial score (nSPS) is 14.3. The molecule has 0 unspecified atom stereocenters. The number of hydrogen-bond donors (Lipinski definition) is 1. The van der Waals surface area contributed by atoms with Crippen molar-refractivity contribution in [3.63, 3.8) is 0 Å². The van der Waals surface area contributed by atoms with Crippen LogP contribution < -0.4 is 10.2 Å². The number of anilines is 3. The number of piperazine rings is 1. The molecule has 1 saturated heterocycles. The zero-order chi connectivity index (χ0) is 22.5. The maximum absolute atomic E-state index is 13.1. The highest BCUT2D eigenvalue weighted by molar-refractivity contribution is 7.97. The number of carbonyl (C=O) groups excluding carboxylic acids is 1. The van der Waals surface area contributed by atoms with Crippen LogP contribution in [0, 0.1) is 12.7 Å². The number of carbonyl (C=O) groups is 1. The van der Waals surface area contributed by atoms with E-state index in [1.165, 1.54) is 19.2 Å². The van der Waals surface area contributed by atoms with Gasteiger partial charge in [0.25, 0.3) is 0 Å². The Bertz CT molecular complexity index is 1070. The maximum Gasteiger partial charge on any atom is 0.337 e. The molecule has 0 saturated carbocycles. The third-order valence-electron chi connectivity index (χ3n) is 4.99. The zero-order valence-electron chi connectivity index (χ0n) is 17.9. The Kier molecular flexibility index (Phi) is 6.87. The third kappa shape index (κ3) is 5.54. The molecule has 32 heavy (non-hydrogen) atoms. The third-order valence-corrected chi connectivity index (χ3v) is 6.10. The fourth-order valence-corrected chi connectivity index (χ4v) is 4.24. The second-order valence-electron chi connectivity index (χ2n) is 7.35. The molecule has 3 aromatic rings. The van der Waals surface area contributed by atoms with Gasteiger partial charge in [-0.3, -0.25) is 0 Å². The minimum absolute atomic E-state index is 0.273. The summed E-state index contributed by atoms with van der Waals surface area (Å²) < 4.78 is 20.2. The molecule has 1 aromatic heterocycles. The average molecular weight is 454 g/mol. The van der Waals surface area contributed by atoms with Crippen LogP contribution in [0.4, 0.5) is 21.8 Å². The van der Waals surface area contributed by atoms with Crippen LogP contribution in [-0.2, 0) is 4.74 Å². The Hall–Kier alpha value is -3.17. The zero-order valence-corrected chi connectivity index (χ0v) is 18.7. The standard InChI is InChI=1S/C23H24FN5O2S/c1-16-15-21(26-19-7-5-18(24)6-8-19)27-23(25-16)28-11-13-29(14-12-28)32-20-9-3-17(4-10-20)22(30)31-2/h3-10,15H,11-14H2,1-2H3,(H,25,26,27). The van der Waals surface area contributed by atoms with Crippen LogP contribution in [0.5, 0.6) is 0 Å². The van der Waals surface area contributed by atoms with Gasteiger partial charge in [0.1, 0.15) is 11.6 Å². The van der Waals surface area contributed by atoms with Gasteiger partial charge in [0.15, 0.2) is 0 Å². The molecular formula is C23H24FN5O2S. The van der Waals surface area contributed by atoms with E-state index in [4.69, 9.17) is 4.74 Å². The first-order valence-corrected chi connectivity index (χ1v) is 11.0. The number of aryl methyl sites for hydroxylation is 1. The quantitative estimate of drug-likeness (QED) is 0.438. The molecule has 0 bridgehead atoms. The predicted molar refractivity (Wildman–Crippen MR) is 124 cm³/mol. The van der Waals surface area contributed by atoms with Crippen molar-refractivity contribution in [1.29, 1.82) is 0 Å². The number of methoxy groups -OCH3 is 1. The van der Waals surface area contributed by atoms with Gasteiger partial charge in [-0.05, 0) is 67.4 Å². The first kappa shape index (κ1) is 22.0. The van der Waals surface area contributed by atoms with Crippen LogP contribution >= 0.6 is 11.9 Å². The van der Waals surface area contributed by atoms with E-state index in [1.54, 1.807) is 36.2 Å². The van der Waals surface area contributed by atoms with Crippen LogP contribution in [0.1, 0.15) is 16.1 Å². The summed E-state index contributed by atoms with van der Waals surface area (Å²) in [6.45, 7) is 5.23. The summed E-state index contributed by atoms with van der Waals surface area (Å²) in [6, 6.07) is 15.5. The van der Waals surface area contributed by atoms with E-state index in [9.17, 15) is 9.18 Å². The summed E-state index contributed by atoms with van der Waals surface area (Å²) >= 11 is 1.67. The van der Waals surface area contributed by atoms with Gasteiger partial charge in [-0.1, -0.05) is 0 Å². The largest absolute Gasteiger partial charge is 0.465 e. The van der Waals surface area contributed by atoms with E-state index in [2.05, 4.69) is 24.5 Å². The summed E-state index contributed by atoms with van der Waals surface area (Å²) in [7, 11) is 1.38. The van der Waals surface area contributed by atoms with Crippen molar-refractivity contribution in [3.05, 3.63) is 71.7 Å². The number of ether oxygens (including phenoxy) is 1. The molecule has 166 valence electrons. The van der Waals surface area contributed by atoms with Crippen molar-refractivity contribution < 1.29 is 13.9 Å². The van der Waals surface area contributed by atoms with E-state index in [0.29, 0.717) is 17.3 Å². The molecule has 0 aliphatic carbocycles. The Balaban J connectivity index is 1.36. The van der Waals surface area contributed by atoms with Crippen molar-refractivity contribution in [1.82, 2.24) is 14.3 Å². The number of benzene rings is 2. The van der Waals surface area contributed by atoms with Crippen molar-refractivity contribution in [3.8, 4) is 0 Å². The summed E-state index contributed by atoms with van der Waals surface area (Å²) in [5, 5.41) is 3.22. The topological polar surface area (TPSA) is 70.6 Å². The predicted octanol–water partition coefficient (Wildman–Crippen LogP) is 4.28. The van der Waals surface area contributed by atoms with E-state index in [0.717, 1.165) is 42.5 Å². The lowest BCUT2D eigenvalue weighted by atomic mass is 10.2. The van der Waals surface area contributed by atoms with Crippen molar-refractivity contribution in [2.45, 2.75) is 11.8 Å². The van der Waals surface area contributed by atoms with Crippen LogP contribution in [0.25, 0.3) is 0 Å². The summed E-state index contributed by atoms with van der Waals surface area (Å²) in [5.41, 5.74) is 2.18. The molecule has 1 N–H and O–H groups in total. The lowest BCUT2D eigenvalue weighted by molar-refractivity contribution is 0.0600. The second-order valence-corrected chi connectivity index (χ2v) is 8.52. The number of nitrogens with one attached hydrogen (secondary N) is 1. The van der Waals surface area contributed by atoms with Gasteiger partial charge < -0.3 is 15.0 Å². The van der Waals surface area contributed by atoms with E-state index >= 15 is 0 Å². The van der Waals surface area contributed by atoms with Gasteiger partial charge in [0, 0.05) is 48.5 Å². The second kappa shape index (κ2) is 9.97. The first-order chi connectivity index (χ1) is 15.5. The number of esters is 1. The molecule has 0 spiro atoms. The van der Waals surface area contributed by atoms with Crippen molar-refractivity contribution >= 4 is 35.4 Å². The van der Waals surface area contributed by atoms with E-state index < -0.39 is 0 Å². The van der Waals surface area contributed by atoms with Crippen LogP contribution in [-0.4, -0.2) is 53.5 Å². The van der Waals surface area contributed by atoms with E-state index in [-0.39, 0.29) is 11.8 Å². The van der Waals surface area contributed by atoms with Crippen molar-refractivity contribution in [2.24, 2.45) is 0 Å². The average Bonchev–Trinajstić information content (AvgIpc) is 2.81. The SMILES string of the molecule is COC(=O)c1ccc(SN2CCN(c3nc(C)cc(Nc4ccc(F)cc4)n3)CC2)cc1. The summed E-state index contributed by atoms with van der Waals surface area (Å²) in [4.78, 5) is 24.1. The van der Waals surface area contributed by atoms with Gasteiger partial charge in [0.2, 0.25) is 5.95 Å². The van der Waals surface area contributed by atoms with Gasteiger partial charge in [-0.15, -0.1) is 0 Å². The van der Waals surface area contributed by atoms with Gasteiger partial charge in [0.05, 0.1) is 12.7 Å². The van der Waals surface area contributed by atoms with Crippen LogP contribution in [0.2, 0.25) is 0 Å². The molecule has 7 nitrogen and oxygen atoms in total. The monoisotopic (exact) mass is 453 g/mol. The number of halogens is 1. The smallest absolute Gasteiger partial charge is 0.337 e. The highest BCUT2D eigenvalue weighted by Gasteiger charge is 2.20. The maximum atomic E-state index is 13.1. The Morgan fingerprint density at radius 2 is 1.72 bits per heavy atom. The first-order valence-electron chi connectivity index (χ1n) is 10.2. The molecule has 4 rings (SSSR count). The number of rotatable bonds is 6. The molecule has 0 amide bonds. The van der Waals surface area contributed by atoms with Crippen LogP contribution in [0.3, 0.4) is 0 Å². The fraction of sp³-hybridized carbons (Fsp3) is 0.261. The molecule has 1 aliphatic heterocycles. The minimum atomic E-state index is -0.332. The molecule has 9 heteroatoms. The highest BCUT2D eigenvalue weighted by atomic mass is 32.2. The number of hydrogen-bond acceptors (Lipinski definition) is 8. The number of nitrogens with zero attached hydrogens (tertiary/aromatic N) is 4. The molecular weight excluding hydrogens is 429 g/mol. The van der Waals surface area contributed by atoms with Gasteiger partial charge in [-0.2, -0.15) is 4.98 Å². The molecule has 2 aromatic carbocycles. The minimum Gasteiger partial charge on any atom is -0.465 e. The molecule has 1 aliphatic rings. The molecule has 1 fully saturated rings. The van der Waals surface area contributed by atoms with Gasteiger partial charge in [-0.25, -0.2) is 18.5 Å². The number of aromatic nitrogens is 2. The molecule has 0 atom stereocenters.